The first-order valence-electron chi connectivity index (χ1n) is 9.55. The molecule has 0 radical (unpaired) electrons. The molecular formula is C22H29N4+. The average Bonchev–Trinajstić information content (AvgIpc) is 2.97. The Morgan fingerprint density at radius 1 is 1.15 bits per heavy atom. The average molecular weight is 350 g/mol. The highest BCUT2D eigenvalue weighted by molar-refractivity contribution is 5.78. The Kier molecular flexibility index (Phi) is 5.18. The molecule has 0 aliphatic carbocycles. The molecule has 0 unspecified atom stereocenters. The molecular weight excluding hydrogens is 320 g/mol. The van der Waals surface area contributed by atoms with E-state index in [1.165, 1.54) is 5.56 Å². The van der Waals surface area contributed by atoms with Crippen molar-refractivity contribution in [3.63, 3.8) is 0 Å². The number of hydrogen-bond donors (Lipinski definition) is 2. The molecule has 2 heterocycles. The lowest BCUT2D eigenvalue weighted by Gasteiger charge is -2.15. The Labute approximate surface area is 155 Å². The molecule has 3 rings (SSSR count). The summed E-state index contributed by atoms with van der Waals surface area (Å²) in [5, 5.41) is 13.5. The Balaban J connectivity index is 2.34. The van der Waals surface area contributed by atoms with Gasteiger partial charge in [0.15, 0.2) is 0 Å². The fourth-order valence-electron chi connectivity index (χ4n) is 3.49. The molecule has 0 fully saturated rings. The number of rotatable bonds is 6. The van der Waals surface area contributed by atoms with E-state index in [-0.39, 0.29) is 0 Å². The van der Waals surface area contributed by atoms with Gasteiger partial charge in [-0.1, -0.05) is 39.8 Å². The van der Waals surface area contributed by atoms with E-state index in [2.05, 4.69) is 73.6 Å². The zero-order valence-corrected chi connectivity index (χ0v) is 16.5. The van der Waals surface area contributed by atoms with E-state index in [4.69, 9.17) is 0 Å². The number of nitrogens with one attached hydrogen (secondary N) is 2. The molecule has 3 aromatic rings. The second-order valence-corrected chi connectivity index (χ2v) is 7.97. The van der Waals surface area contributed by atoms with Crippen LogP contribution in [0.15, 0.2) is 24.3 Å². The number of imidazole rings is 1. The maximum Gasteiger partial charge on any atom is 0.250 e. The van der Waals surface area contributed by atoms with E-state index in [9.17, 15) is 5.26 Å². The van der Waals surface area contributed by atoms with Gasteiger partial charge in [0.2, 0.25) is 11.5 Å². The van der Waals surface area contributed by atoms with Gasteiger partial charge in [-0.2, -0.15) is 9.66 Å². The fourth-order valence-corrected chi connectivity index (χ4v) is 3.49. The normalized spacial score (nSPS) is 11.6. The molecule has 2 N–H and O–H groups in total. The van der Waals surface area contributed by atoms with Gasteiger partial charge in [0, 0.05) is 5.56 Å². The van der Waals surface area contributed by atoms with Crippen molar-refractivity contribution in [3.8, 4) is 6.07 Å². The minimum absolute atomic E-state index is 0.546. The van der Waals surface area contributed by atoms with Crippen LogP contribution in [0.2, 0.25) is 0 Å². The Morgan fingerprint density at radius 3 is 2.54 bits per heavy atom. The molecule has 26 heavy (non-hydrogen) atoms. The Bertz CT molecular complexity index is 973. The minimum Gasteiger partial charge on any atom is -0.305 e. The van der Waals surface area contributed by atoms with Crippen molar-refractivity contribution in [2.75, 3.05) is 11.9 Å². The summed E-state index contributed by atoms with van der Waals surface area (Å²) in [5.74, 6) is 2.30. The second kappa shape index (κ2) is 7.37. The molecule has 0 amide bonds. The maximum absolute atomic E-state index is 9.85. The molecule has 0 aliphatic rings. The van der Waals surface area contributed by atoms with Crippen LogP contribution in [-0.2, 0) is 6.42 Å². The van der Waals surface area contributed by atoms with Crippen molar-refractivity contribution in [2.24, 2.45) is 11.8 Å². The quantitative estimate of drug-likeness (QED) is 0.631. The SMILES string of the molecule is Cc1c(CCC(C)C)c(NCC(C)C)[n+]2c([nH]c3ccccc32)c1C#N. The predicted octanol–water partition coefficient (Wildman–Crippen LogP) is 4.74. The fraction of sp³-hybridized carbons (Fsp3) is 0.455. The maximum atomic E-state index is 9.85. The summed E-state index contributed by atoms with van der Waals surface area (Å²) >= 11 is 0. The van der Waals surface area contributed by atoms with E-state index in [1.54, 1.807) is 0 Å². The zero-order chi connectivity index (χ0) is 18.8. The number of nitrogens with zero attached hydrogens (tertiary/aromatic N) is 2. The van der Waals surface area contributed by atoms with Crippen LogP contribution in [0.4, 0.5) is 5.82 Å². The summed E-state index contributed by atoms with van der Waals surface area (Å²) in [5.41, 5.74) is 6.14. The smallest absolute Gasteiger partial charge is 0.250 e. The van der Waals surface area contributed by atoms with E-state index in [0.29, 0.717) is 11.8 Å². The third-order valence-electron chi connectivity index (χ3n) is 4.96. The summed E-state index contributed by atoms with van der Waals surface area (Å²) in [6.07, 6.45) is 2.08. The van der Waals surface area contributed by atoms with Crippen molar-refractivity contribution >= 4 is 22.5 Å². The van der Waals surface area contributed by atoms with Crippen molar-refractivity contribution in [1.29, 1.82) is 5.26 Å². The van der Waals surface area contributed by atoms with Gasteiger partial charge in [-0.15, -0.1) is 0 Å². The third-order valence-corrected chi connectivity index (χ3v) is 4.96. The topological polar surface area (TPSA) is 55.7 Å². The largest absolute Gasteiger partial charge is 0.305 e. The Morgan fingerprint density at radius 2 is 1.88 bits per heavy atom. The van der Waals surface area contributed by atoms with Crippen LogP contribution < -0.4 is 9.72 Å². The number of pyridine rings is 1. The molecule has 1 aromatic carbocycles. The lowest BCUT2D eigenvalue weighted by atomic mass is 9.96. The number of hydrogen-bond acceptors (Lipinski definition) is 2. The number of anilines is 1. The monoisotopic (exact) mass is 349 g/mol. The molecule has 0 bridgehead atoms. The highest BCUT2D eigenvalue weighted by Gasteiger charge is 2.25. The Hall–Kier alpha value is -2.54. The number of benzene rings is 1. The van der Waals surface area contributed by atoms with Gasteiger partial charge >= 0.3 is 0 Å². The van der Waals surface area contributed by atoms with E-state index in [0.717, 1.165) is 53.0 Å². The van der Waals surface area contributed by atoms with Gasteiger partial charge in [0.05, 0.1) is 6.54 Å². The van der Waals surface area contributed by atoms with E-state index >= 15 is 0 Å². The molecule has 0 atom stereocenters. The molecule has 2 aromatic heterocycles. The van der Waals surface area contributed by atoms with Gasteiger partial charge in [0.25, 0.3) is 0 Å². The van der Waals surface area contributed by atoms with Crippen molar-refractivity contribution in [1.82, 2.24) is 4.98 Å². The molecule has 0 saturated heterocycles. The summed E-state index contributed by atoms with van der Waals surface area (Å²) in [6.45, 7) is 11.9. The molecule has 136 valence electrons. The highest BCUT2D eigenvalue weighted by atomic mass is 15.1. The molecule has 0 aliphatic heterocycles. The standard InChI is InChI=1S/C22H28N4/c1-14(2)10-11-17-16(5)18(12-23)22-25-19-8-6-7-9-20(19)26(22)21(17)24-13-15(3)4/h6-9,14-15H,10-11,13H2,1-5H3,(H,24,25)/p+1. The number of aromatic amines is 1. The lowest BCUT2D eigenvalue weighted by Crippen LogP contribution is -2.31. The molecule has 4 nitrogen and oxygen atoms in total. The minimum atomic E-state index is 0.546. The van der Waals surface area contributed by atoms with Crippen molar-refractivity contribution in [3.05, 3.63) is 41.0 Å². The van der Waals surface area contributed by atoms with Crippen molar-refractivity contribution < 1.29 is 4.40 Å². The number of H-pyrrole nitrogens is 1. The number of nitriles is 1. The predicted molar refractivity (Wildman–Crippen MR) is 107 cm³/mol. The van der Waals surface area contributed by atoms with Crippen LogP contribution in [0.3, 0.4) is 0 Å². The van der Waals surface area contributed by atoms with Gasteiger partial charge in [-0.3, -0.25) is 4.98 Å². The van der Waals surface area contributed by atoms with Gasteiger partial charge in [-0.05, 0) is 49.3 Å². The third kappa shape index (κ3) is 3.26. The van der Waals surface area contributed by atoms with E-state index < -0.39 is 0 Å². The zero-order valence-electron chi connectivity index (χ0n) is 16.5. The summed E-state index contributed by atoms with van der Waals surface area (Å²) in [4.78, 5) is 3.46. The van der Waals surface area contributed by atoms with Crippen LogP contribution in [0, 0.1) is 30.1 Å². The lowest BCUT2D eigenvalue weighted by molar-refractivity contribution is -0.465. The van der Waals surface area contributed by atoms with Crippen LogP contribution in [0.5, 0.6) is 0 Å². The van der Waals surface area contributed by atoms with Gasteiger partial charge < -0.3 is 5.32 Å². The first kappa shape index (κ1) is 18.3. The van der Waals surface area contributed by atoms with Gasteiger partial charge in [0.1, 0.15) is 22.7 Å². The van der Waals surface area contributed by atoms with Gasteiger partial charge in [-0.25, -0.2) is 0 Å². The molecule has 4 heteroatoms. The van der Waals surface area contributed by atoms with Crippen LogP contribution >= 0.6 is 0 Å². The molecule has 0 saturated carbocycles. The molecule has 0 spiro atoms. The van der Waals surface area contributed by atoms with Crippen LogP contribution in [-0.4, -0.2) is 11.5 Å². The van der Waals surface area contributed by atoms with Crippen molar-refractivity contribution in [2.45, 2.75) is 47.5 Å². The summed E-state index contributed by atoms with van der Waals surface area (Å²) in [7, 11) is 0. The summed E-state index contributed by atoms with van der Waals surface area (Å²) in [6, 6.07) is 10.7. The van der Waals surface area contributed by atoms with Crippen LogP contribution in [0.1, 0.15) is 50.8 Å². The first-order chi connectivity index (χ1) is 12.4. The highest BCUT2D eigenvalue weighted by Crippen LogP contribution is 2.27. The van der Waals surface area contributed by atoms with Crippen LogP contribution in [0.25, 0.3) is 16.7 Å². The first-order valence-corrected chi connectivity index (χ1v) is 9.55. The van der Waals surface area contributed by atoms with E-state index in [1.807, 2.05) is 6.07 Å². The summed E-state index contributed by atoms with van der Waals surface area (Å²) < 4.78 is 2.21. The number of para-hydroxylation sites is 2. The number of aromatic nitrogens is 2. The second-order valence-electron chi connectivity index (χ2n) is 7.97. The number of fused-ring (bicyclic) bond motifs is 3.